The van der Waals surface area contributed by atoms with Crippen molar-refractivity contribution in [3.05, 3.63) is 58.9 Å². The van der Waals surface area contributed by atoms with Gasteiger partial charge in [-0.05, 0) is 37.5 Å². The van der Waals surface area contributed by atoms with E-state index >= 15 is 0 Å². The van der Waals surface area contributed by atoms with Crippen molar-refractivity contribution in [2.45, 2.75) is 76.5 Å². The predicted molar refractivity (Wildman–Crippen MR) is 128 cm³/mol. The predicted octanol–water partition coefficient (Wildman–Crippen LogP) is 5.53. The number of furan rings is 1. The van der Waals surface area contributed by atoms with Crippen molar-refractivity contribution in [3.63, 3.8) is 0 Å². The van der Waals surface area contributed by atoms with Crippen LogP contribution in [0.3, 0.4) is 0 Å². The molecule has 3 aromatic rings. The van der Waals surface area contributed by atoms with E-state index in [0.29, 0.717) is 29.4 Å². The molecule has 0 bridgehead atoms. The summed E-state index contributed by atoms with van der Waals surface area (Å²) in [7, 11) is 0. The number of carbonyl (C=O) groups excluding carboxylic acids is 2. The molecule has 0 radical (unpaired) electrons. The molecule has 5 rings (SSSR count). The normalized spacial score (nSPS) is 22.1. The Bertz CT molecular complexity index is 1170. The second kappa shape index (κ2) is 8.90. The molecular formula is C26H30ClN3O3. The van der Waals surface area contributed by atoms with E-state index in [0.717, 1.165) is 36.8 Å². The second-order valence-corrected chi connectivity index (χ2v) is 10.0. The molecule has 33 heavy (non-hydrogen) atoms. The van der Waals surface area contributed by atoms with Crippen LogP contribution in [0.25, 0.3) is 11.1 Å². The van der Waals surface area contributed by atoms with Gasteiger partial charge in [0.15, 0.2) is 5.58 Å². The molecule has 3 heterocycles. The minimum atomic E-state index is -1.04. The number of amides is 2. The van der Waals surface area contributed by atoms with Crippen LogP contribution in [-0.4, -0.2) is 32.9 Å². The summed E-state index contributed by atoms with van der Waals surface area (Å²) in [6.45, 7) is 2.55. The Kier molecular flexibility index (Phi) is 5.95. The number of nitrogens with one attached hydrogen (secondary N) is 1. The lowest BCUT2D eigenvalue weighted by molar-refractivity contribution is -0.134. The first-order valence-electron chi connectivity index (χ1n) is 11.9. The van der Waals surface area contributed by atoms with Gasteiger partial charge in [0.1, 0.15) is 11.2 Å². The molecule has 2 aromatic heterocycles. The lowest BCUT2D eigenvalue weighted by atomic mass is 9.91. The van der Waals surface area contributed by atoms with Gasteiger partial charge in [0.25, 0.3) is 5.91 Å². The van der Waals surface area contributed by atoms with Crippen molar-refractivity contribution in [2.75, 3.05) is 0 Å². The van der Waals surface area contributed by atoms with Gasteiger partial charge >= 0.3 is 0 Å². The smallest absolute Gasteiger partial charge is 0.271 e. The number of aromatic nitrogens is 1. The van der Waals surface area contributed by atoms with E-state index < -0.39 is 5.54 Å². The van der Waals surface area contributed by atoms with Gasteiger partial charge in [-0.25, -0.2) is 0 Å². The molecule has 1 fully saturated rings. The maximum Gasteiger partial charge on any atom is 0.271 e. The van der Waals surface area contributed by atoms with E-state index in [1.807, 2.05) is 41.8 Å². The molecule has 1 aliphatic heterocycles. The quantitative estimate of drug-likeness (QED) is 0.548. The van der Waals surface area contributed by atoms with Crippen LogP contribution in [0.5, 0.6) is 0 Å². The first kappa shape index (κ1) is 22.1. The van der Waals surface area contributed by atoms with Crippen molar-refractivity contribution in [2.24, 2.45) is 0 Å². The third kappa shape index (κ3) is 4.17. The minimum absolute atomic E-state index is 0.0977. The highest BCUT2D eigenvalue weighted by atomic mass is 35.5. The summed E-state index contributed by atoms with van der Waals surface area (Å²) < 4.78 is 7.48. The van der Waals surface area contributed by atoms with E-state index in [-0.39, 0.29) is 17.9 Å². The number of rotatable bonds is 4. The van der Waals surface area contributed by atoms with E-state index in [2.05, 4.69) is 5.32 Å². The summed E-state index contributed by atoms with van der Waals surface area (Å²) >= 11 is 6.21. The van der Waals surface area contributed by atoms with E-state index in [1.54, 1.807) is 17.2 Å². The van der Waals surface area contributed by atoms with Gasteiger partial charge in [-0.15, -0.1) is 0 Å². The maximum atomic E-state index is 13.8. The average Bonchev–Trinajstić information content (AvgIpc) is 3.35. The summed E-state index contributed by atoms with van der Waals surface area (Å²) in [5.41, 5.74) is 1.89. The van der Waals surface area contributed by atoms with Gasteiger partial charge in [0, 0.05) is 29.7 Å². The summed E-state index contributed by atoms with van der Waals surface area (Å²) in [6, 6.07) is 11.2. The molecule has 1 aromatic carbocycles. The fourth-order valence-corrected chi connectivity index (χ4v) is 5.49. The molecule has 1 saturated carbocycles. The van der Waals surface area contributed by atoms with Crippen molar-refractivity contribution >= 4 is 34.5 Å². The van der Waals surface area contributed by atoms with Gasteiger partial charge < -0.3 is 19.2 Å². The number of halogens is 1. The van der Waals surface area contributed by atoms with Crippen molar-refractivity contribution < 1.29 is 14.0 Å². The first-order valence-corrected chi connectivity index (χ1v) is 12.3. The third-order valence-corrected chi connectivity index (χ3v) is 7.44. The minimum Gasteiger partial charge on any atom is -0.463 e. The van der Waals surface area contributed by atoms with Crippen molar-refractivity contribution in [1.29, 1.82) is 0 Å². The Labute approximate surface area is 198 Å². The van der Waals surface area contributed by atoms with Gasteiger partial charge in [0.2, 0.25) is 5.91 Å². The van der Waals surface area contributed by atoms with E-state index in [9.17, 15) is 9.59 Å². The molecule has 7 heteroatoms. The van der Waals surface area contributed by atoms with Crippen LogP contribution in [0.2, 0.25) is 5.02 Å². The van der Waals surface area contributed by atoms with Crippen molar-refractivity contribution in [1.82, 2.24) is 14.8 Å². The molecular weight excluding hydrogens is 438 g/mol. The SMILES string of the molecule is CC1(C(=O)NC2CCCCCCC2)Cn2c(cc3occc32)C(=O)N1Cc1cccc(Cl)c1. The largest absolute Gasteiger partial charge is 0.463 e. The standard InChI is InChI=1S/C26H30ClN3O3/c1-26(25(32)28-20-10-5-3-2-4-6-11-20)17-29-21-12-13-33-23(21)15-22(29)24(31)30(26)16-18-8-7-9-19(27)14-18/h7-9,12-15,20H,2-6,10-11,16-17H2,1H3,(H,28,32). The van der Waals surface area contributed by atoms with Gasteiger partial charge in [-0.2, -0.15) is 0 Å². The van der Waals surface area contributed by atoms with Gasteiger partial charge in [-0.1, -0.05) is 55.8 Å². The monoisotopic (exact) mass is 467 g/mol. The zero-order chi connectivity index (χ0) is 23.0. The number of benzene rings is 1. The summed E-state index contributed by atoms with van der Waals surface area (Å²) in [5.74, 6) is -0.276. The molecule has 1 atom stereocenters. The molecule has 1 aliphatic carbocycles. The fourth-order valence-electron chi connectivity index (χ4n) is 5.28. The topological polar surface area (TPSA) is 67.5 Å². The molecule has 2 amide bonds. The van der Waals surface area contributed by atoms with Crippen LogP contribution >= 0.6 is 11.6 Å². The highest BCUT2D eigenvalue weighted by molar-refractivity contribution is 6.30. The molecule has 0 saturated heterocycles. The molecule has 174 valence electrons. The Morgan fingerprint density at radius 1 is 1.15 bits per heavy atom. The lowest BCUT2D eigenvalue weighted by Gasteiger charge is -2.44. The van der Waals surface area contributed by atoms with Crippen LogP contribution in [0.1, 0.15) is 67.9 Å². The summed E-state index contributed by atoms with van der Waals surface area (Å²) in [6.07, 6.45) is 9.57. The molecule has 1 unspecified atom stereocenters. The van der Waals surface area contributed by atoms with Crippen LogP contribution in [0, 0.1) is 0 Å². The summed E-state index contributed by atoms with van der Waals surface area (Å²) in [4.78, 5) is 29.3. The number of hydrogen-bond donors (Lipinski definition) is 1. The van der Waals surface area contributed by atoms with E-state index in [4.69, 9.17) is 16.0 Å². The first-order chi connectivity index (χ1) is 16.0. The number of fused-ring (bicyclic) bond motifs is 3. The van der Waals surface area contributed by atoms with Gasteiger partial charge in [0.05, 0.1) is 18.3 Å². The van der Waals surface area contributed by atoms with Crippen LogP contribution < -0.4 is 5.32 Å². The number of carbonyl (C=O) groups is 2. The zero-order valence-electron chi connectivity index (χ0n) is 19.0. The molecule has 0 spiro atoms. The van der Waals surface area contributed by atoms with E-state index in [1.165, 1.54) is 19.3 Å². The second-order valence-electron chi connectivity index (χ2n) is 9.60. The number of hydrogen-bond acceptors (Lipinski definition) is 3. The maximum absolute atomic E-state index is 13.8. The third-order valence-electron chi connectivity index (χ3n) is 7.21. The Morgan fingerprint density at radius 2 is 1.91 bits per heavy atom. The molecule has 2 aliphatic rings. The fraction of sp³-hybridized carbons (Fsp3) is 0.462. The highest BCUT2D eigenvalue weighted by Gasteiger charge is 2.48. The van der Waals surface area contributed by atoms with Crippen LogP contribution in [0.4, 0.5) is 0 Å². The highest BCUT2D eigenvalue weighted by Crippen LogP contribution is 2.34. The average molecular weight is 468 g/mol. The molecule has 1 N–H and O–H groups in total. The van der Waals surface area contributed by atoms with Crippen LogP contribution in [0.15, 0.2) is 47.1 Å². The zero-order valence-corrected chi connectivity index (χ0v) is 19.7. The number of nitrogens with zero attached hydrogens (tertiary/aromatic N) is 2. The molecule has 6 nitrogen and oxygen atoms in total. The Balaban J connectivity index is 1.50. The van der Waals surface area contributed by atoms with Gasteiger partial charge in [-0.3, -0.25) is 9.59 Å². The Hall–Kier alpha value is -2.73. The Morgan fingerprint density at radius 3 is 2.67 bits per heavy atom. The summed E-state index contributed by atoms with van der Waals surface area (Å²) in [5, 5.41) is 3.92. The lowest BCUT2D eigenvalue weighted by Crippen LogP contribution is -2.64. The van der Waals surface area contributed by atoms with Crippen LogP contribution in [-0.2, 0) is 17.9 Å². The van der Waals surface area contributed by atoms with Crippen molar-refractivity contribution in [3.8, 4) is 0 Å².